The van der Waals surface area contributed by atoms with Gasteiger partial charge in [-0.05, 0) is 53.2 Å². The van der Waals surface area contributed by atoms with E-state index in [0.717, 1.165) is 32.5 Å². The first-order valence-corrected chi connectivity index (χ1v) is 9.85. The van der Waals surface area contributed by atoms with Crippen LogP contribution in [0.3, 0.4) is 0 Å². The molecule has 4 heteroatoms. The maximum atomic E-state index is 12.8. The Morgan fingerprint density at radius 1 is 0.786 bits per heavy atom. The second-order valence-corrected chi connectivity index (χ2v) is 7.58. The zero-order chi connectivity index (χ0) is 18.9. The van der Waals surface area contributed by atoms with E-state index in [1.54, 1.807) is 11.3 Å². The molecule has 0 radical (unpaired) electrons. The van der Waals surface area contributed by atoms with Gasteiger partial charge < -0.3 is 5.32 Å². The predicted octanol–water partition coefficient (Wildman–Crippen LogP) is 6.37. The number of para-hydroxylation sites is 1. The van der Waals surface area contributed by atoms with E-state index in [4.69, 9.17) is 0 Å². The largest absolute Gasteiger partial charge is 0.322 e. The van der Waals surface area contributed by atoms with Gasteiger partial charge in [-0.25, -0.2) is 4.98 Å². The number of amides is 1. The van der Waals surface area contributed by atoms with Gasteiger partial charge in [-0.3, -0.25) is 4.79 Å². The fourth-order valence-electron chi connectivity index (χ4n) is 3.31. The van der Waals surface area contributed by atoms with Gasteiger partial charge in [-0.15, -0.1) is 11.3 Å². The number of anilines is 1. The Kier molecular flexibility index (Phi) is 4.11. The Morgan fingerprint density at radius 3 is 2.39 bits per heavy atom. The summed E-state index contributed by atoms with van der Waals surface area (Å²) in [7, 11) is 0. The molecule has 0 aliphatic heterocycles. The summed E-state index contributed by atoms with van der Waals surface area (Å²) >= 11 is 1.67. The highest BCUT2D eigenvalue weighted by Gasteiger charge is 2.11. The lowest BCUT2D eigenvalue weighted by Crippen LogP contribution is -2.12. The summed E-state index contributed by atoms with van der Waals surface area (Å²) in [5.74, 6) is -0.107. The number of hydrogen-bond donors (Lipinski definition) is 1. The van der Waals surface area contributed by atoms with Crippen LogP contribution in [0.25, 0.3) is 31.6 Å². The number of thiazole rings is 1. The molecule has 3 nitrogen and oxygen atoms in total. The molecule has 1 heterocycles. The Bertz CT molecular complexity index is 1270. The van der Waals surface area contributed by atoms with Crippen LogP contribution in [0.4, 0.5) is 5.69 Å². The molecule has 0 aliphatic rings. The third-order valence-electron chi connectivity index (χ3n) is 4.72. The highest BCUT2D eigenvalue weighted by atomic mass is 32.1. The highest BCUT2D eigenvalue weighted by Crippen LogP contribution is 2.30. The maximum absolute atomic E-state index is 12.8. The van der Waals surface area contributed by atoms with Gasteiger partial charge in [0.2, 0.25) is 0 Å². The summed E-state index contributed by atoms with van der Waals surface area (Å²) in [5.41, 5.74) is 3.50. The van der Waals surface area contributed by atoms with Gasteiger partial charge in [0.25, 0.3) is 5.91 Å². The van der Waals surface area contributed by atoms with Gasteiger partial charge in [0, 0.05) is 16.8 Å². The number of benzene rings is 4. The van der Waals surface area contributed by atoms with Crippen molar-refractivity contribution in [1.29, 1.82) is 0 Å². The van der Waals surface area contributed by atoms with Crippen LogP contribution in [0, 0.1) is 0 Å². The number of rotatable bonds is 3. The van der Waals surface area contributed by atoms with Crippen molar-refractivity contribution in [3.8, 4) is 10.6 Å². The third-order valence-corrected chi connectivity index (χ3v) is 5.80. The number of aromatic nitrogens is 1. The van der Waals surface area contributed by atoms with Crippen LogP contribution < -0.4 is 5.32 Å². The number of nitrogens with one attached hydrogen (secondary N) is 1. The average molecular weight is 380 g/mol. The van der Waals surface area contributed by atoms with E-state index >= 15 is 0 Å². The number of carbonyl (C=O) groups excluding carboxylic acids is 1. The molecular weight excluding hydrogens is 364 g/mol. The molecule has 4 aromatic carbocycles. The molecule has 0 aliphatic carbocycles. The minimum atomic E-state index is -0.107. The zero-order valence-corrected chi connectivity index (χ0v) is 15.7. The van der Waals surface area contributed by atoms with E-state index in [1.807, 2.05) is 84.9 Å². The van der Waals surface area contributed by atoms with Gasteiger partial charge in [0.15, 0.2) is 0 Å². The van der Waals surface area contributed by atoms with Crippen molar-refractivity contribution < 1.29 is 4.79 Å². The van der Waals surface area contributed by atoms with Crippen molar-refractivity contribution in [2.45, 2.75) is 0 Å². The van der Waals surface area contributed by atoms with Crippen molar-refractivity contribution in [3.63, 3.8) is 0 Å². The van der Waals surface area contributed by atoms with Crippen molar-refractivity contribution in [2.24, 2.45) is 0 Å². The number of nitrogens with zero attached hydrogens (tertiary/aromatic N) is 1. The van der Waals surface area contributed by atoms with Gasteiger partial charge in [-0.2, -0.15) is 0 Å². The monoisotopic (exact) mass is 380 g/mol. The molecule has 0 fully saturated rings. The van der Waals surface area contributed by atoms with Crippen LogP contribution in [0.2, 0.25) is 0 Å². The Morgan fingerprint density at radius 2 is 1.54 bits per heavy atom. The molecule has 0 bridgehead atoms. The van der Waals surface area contributed by atoms with Crippen molar-refractivity contribution in [2.75, 3.05) is 5.32 Å². The van der Waals surface area contributed by atoms with E-state index in [-0.39, 0.29) is 5.91 Å². The minimum absolute atomic E-state index is 0.107. The quantitative estimate of drug-likeness (QED) is 0.395. The molecule has 0 unspecified atom stereocenters. The standard InChI is InChI=1S/C24H16N2OS/c27-23(20-9-5-7-16-6-1-2-8-19(16)20)25-18-14-12-17(13-15-18)24-26-21-10-3-4-11-22(21)28-24/h1-15H,(H,25,27). The lowest BCUT2D eigenvalue weighted by atomic mass is 10.0. The molecular formula is C24H16N2OS. The molecule has 134 valence electrons. The SMILES string of the molecule is O=C(Nc1ccc(-c2nc3ccccc3s2)cc1)c1cccc2ccccc12. The number of carbonyl (C=O) groups is 1. The first kappa shape index (κ1) is 16.7. The average Bonchev–Trinajstić information content (AvgIpc) is 3.18. The van der Waals surface area contributed by atoms with E-state index in [0.29, 0.717) is 5.56 Å². The summed E-state index contributed by atoms with van der Waals surface area (Å²) in [5, 5.41) is 5.99. The summed E-state index contributed by atoms with van der Waals surface area (Å²) in [6, 6.07) is 29.6. The molecule has 5 rings (SSSR count). The fraction of sp³-hybridized carbons (Fsp3) is 0. The van der Waals surface area contributed by atoms with Crippen LogP contribution >= 0.6 is 11.3 Å². The lowest BCUT2D eigenvalue weighted by molar-refractivity contribution is 0.102. The lowest BCUT2D eigenvalue weighted by Gasteiger charge is -2.08. The van der Waals surface area contributed by atoms with Crippen LogP contribution in [0.5, 0.6) is 0 Å². The van der Waals surface area contributed by atoms with E-state index in [1.165, 1.54) is 4.70 Å². The maximum Gasteiger partial charge on any atom is 0.256 e. The molecule has 28 heavy (non-hydrogen) atoms. The first-order chi connectivity index (χ1) is 13.8. The van der Waals surface area contributed by atoms with E-state index < -0.39 is 0 Å². The first-order valence-electron chi connectivity index (χ1n) is 9.03. The number of fused-ring (bicyclic) bond motifs is 2. The predicted molar refractivity (Wildman–Crippen MR) is 117 cm³/mol. The Labute approximate surface area is 166 Å². The van der Waals surface area contributed by atoms with Crippen molar-refractivity contribution in [3.05, 3.63) is 96.6 Å². The third kappa shape index (κ3) is 3.04. The zero-order valence-electron chi connectivity index (χ0n) is 14.9. The van der Waals surface area contributed by atoms with Crippen molar-refractivity contribution >= 4 is 43.9 Å². The molecule has 0 saturated carbocycles. The van der Waals surface area contributed by atoms with Crippen LogP contribution in [0.1, 0.15) is 10.4 Å². The molecule has 0 saturated heterocycles. The van der Waals surface area contributed by atoms with E-state index in [2.05, 4.69) is 16.4 Å². The molecule has 1 N–H and O–H groups in total. The van der Waals surface area contributed by atoms with Crippen LogP contribution in [0.15, 0.2) is 91.0 Å². The topological polar surface area (TPSA) is 42.0 Å². The summed E-state index contributed by atoms with van der Waals surface area (Å²) < 4.78 is 1.17. The Hall–Kier alpha value is -3.50. The van der Waals surface area contributed by atoms with Gasteiger partial charge in [0.1, 0.15) is 5.01 Å². The smallest absolute Gasteiger partial charge is 0.256 e. The van der Waals surface area contributed by atoms with Crippen LogP contribution in [-0.2, 0) is 0 Å². The van der Waals surface area contributed by atoms with Gasteiger partial charge in [0.05, 0.1) is 10.2 Å². The molecule has 1 aromatic heterocycles. The summed E-state index contributed by atoms with van der Waals surface area (Å²) in [4.78, 5) is 17.5. The second kappa shape index (κ2) is 6.91. The van der Waals surface area contributed by atoms with Gasteiger partial charge >= 0.3 is 0 Å². The molecule has 5 aromatic rings. The molecule has 1 amide bonds. The summed E-state index contributed by atoms with van der Waals surface area (Å²) in [6.07, 6.45) is 0. The minimum Gasteiger partial charge on any atom is -0.322 e. The van der Waals surface area contributed by atoms with Crippen LogP contribution in [-0.4, -0.2) is 10.9 Å². The normalized spacial score (nSPS) is 11.0. The second-order valence-electron chi connectivity index (χ2n) is 6.54. The van der Waals surface area contributed by atoms with E-state index in [9.17, 15) is 4.79 Å². The van der Waals surface area contributed by atoms with Gasteiger partial charge in [-0.1, -0.05) is 48.5 Å². The fourth-order valence-corrected chi connectivity index (χ4v) is 4.28. The van der Waals surface area contributed by atoms with Crippen molar-refractivity contribution in [1.82, 2.24) is 4.98 Å². The Balaban J connectivity index is 1.40. The number of hydrogen-bond acceptors (Lipinski definition) is 3. The molecule has 0 atom stereocenters. The highest BCUT2D eigenvalue weighted by molar-refractivity contribution is 7.21. The summed E-state index contributed by atoms with van der Waals surface area (Å²) in [6.45, 7) is 0. The molecule has 0 spiro atoms.